The van der Waals surface area contributed by atoms with Crippen LogP contribution in [0.1, 0.15) is 49.4 Å². The number of hydrogen-bond acceptors (Lipinski definition) is 4. The van der Waals surface area contributed by atoms with Crippen LogP contribution in [-0.4, -0.2) is 54.6 Å². The summed E-state index contributed by atoms with van der Waals surface area (Å²) in [6.45, 7) is 5.13. The van der Waals surface area contributed by atoms with Crippen LogP contribution in [0.2, 0.25) is 0 Å². The maximum Gasteiger partial charge on any atom is 0.251 e. The van der Waals surface area contributed by atoms with Gasteiger partial charge in [-0.15, -0.1) is 0 Å². The second kappa shape index (κ2) is 7.30. The Bertz CT molecular complexity index is 548. The van der Waals surface area contributed by atoms with Crippen LogP contribution >= 0.6 is 0 Å². The van der Waals surface area contributed by atoms with Crippen molar-refractivity contribution in [2.45, 2.75) is 51.1 Å². The van der Waals surface area contributed by atoms with E-state index in [0.29, 0.717) is 17.6 Å². The van der Waals surface area contributed by atoms with E-state index in [1.807, 2.05) is 12.1 Å². The van der Waals surface area contributed by atoms with Crippen molar-refractivity contribution < 1.29 is 4.79 Å². The SMILES string of the molecule is C[C@@H]1CCCCN1c1cc(C(=O)NC[C@H]2CCCN2C)ccn1. The number of likely N-dealkylation sites (tertiary alicyclic amines) is 1. The number of rotatable bonds is 4. The molecule has 1 N–H and O–H groups in total. The van der Waals surface area contributed by atoms with E-state index in [0.717, 1.165) is 25.5 Å². The molecule has 0 saturated carbocycles. The third-order valence-electron chi connectivity index (χ3n) is 5.27. The molecule has 0 radical (unpaired) electrons. The minimum absolute atomic E-state index is 0.0126. The Morgan fingerprint density at radius 3 is 2.91 bits per heavy atom. The third kappa shape index (κ3) is 3.83. The Morgan fingerprint density at radius 1 is 1.30 bits per heavy atom. The lowest BCUT2D eigenvalue weighted by atomic mass is 10.0. The van der Waals surface area contributed by atoms with Crippen molar-refractivity contribution in [2.24, 2.45) is 0 Å². The largest absolute Gasteiger partial charge is 0.354 e. The number of carbonyl (C=O) groups is 1. The van der Waals surface area contributed by atoms with Crippen LogP contribution in [0.5, 0.6) is 0 Å². The molecule has 2 fully saturated rings. The van der Waals surface area contributed by atoms with E-state index in [1.54, 1.807) is 6.20 Å². The van der Waals surface area contributed by atoms with Gasteiger partial charge in [-0.3, -0.25) is 4.79 Å². The summed E-state index contributed by atoms with van der Waals surface area (Å²) in [6, 6.07) is 4.73. The van der Waals surface area contributed by atoms with E-state index >= 15 is 0 Å². The maximum atomic E-state index is 12.4. The van der Waals surface area contributed by atoms with Crippen LogP contribution < -0.4 is 10.2 Å². The molecule has 1 aromatic heterocycles. The topological polar surface area (TPSA) is 48.5 Å². The Hall–Kier alpha value is -1.62. The van der Waals surface area contributed by atoms with E-state index in [1.165, 1.54) is 32.1 Å². The molecule has 2 saturated heterocycles. The first kappa shape index (κ1) is 16.2. The van der Waals surface area contributed by atoms with Crippen LogP contribution in [0.4, 0.5) is 5.82 Å². The predicted octanol–water partition coefficient (Wildman–Crippen LogP) is 2.28. The van der Waals surface area contributed by atoms with Gasteiger partial charge in [-0.2, -0.15) is 0 Å². The minimum atomic E-state index is 0.0126. The molecule has 1 amide bonds. The number of nitrogens with one attached hydrogen (secondary N) is 1. The lowest BCUT2D eigenvalue weighted by molar-refractivity contribution is 0.0943. The van der Waals surface area contributed by atoms with E-state index in [-0.39, 0.29) is 5.91 Å². The average Bonchev–Trinajstić information content (AvgIpc) is 2.98. The highest BCUT2D eigenvalue weighted by Gasteiger charge is 2.22. The molecule has 5 nitrogen and oxygen atoms in total. The van der Waals surface area contributed by atoms with Gasteiger partial charge in [0.1, 0.15) is 5.82 Å². The standard InChI is InChI=1S/C18H28N4O/c1-14-6-3-4-11-22(14)17-12-15(8-9-19-17)18(23)20-13-16-7-5-10-21(16)2/h8-9,12,14,16H,3-7,10-11,13H2,1-2H3,(H,20,23)/t14-,16-/m1/s1. The molecule has 0 unspecified atom stereocenters. The zero-order valence-electron chi connectivity index (χ0n) is 14.3. The third-order valence-corrected chi connectivity index (χ3v) is 5.27. The molecule has 2 aliphatic heterocycles. The van der Waals surface area contributed by atoms with Gasteiger partial charge in [-0.1, -0.05) is 0 Å². The zero-order chi connectivity index (χ0) is 16.2. The van der Waals surface area contributed by atoms with Crippen LogP contribution in [-0.2, 0) is 0 Å². The summed E-state index contributed by atoms with van der Waals surface area (Å²) >= 11 is 0. The number of anilines is 1. The Morgan fingerprint density at radius 2 is 2.17 bits per heavy atom. The fraction of sp³-hybridized carbons (Fsp3) is 0.667. The van der Waals surface area contributed by atoms with E-state index in [4.69, 9.17) is 0 Å². The second-order valence-electron chi connectivity index (χ2n) is 6.93. The Balaban J connectivity index is 1.63. The number of piperidine rings is 1. The molecule has 5 heteroatoms. The second-order valence-corrected chi connectivity index (χ2v) is 6.93. The molecule has 2 aliphatic rings. The van der Waals surface area contributed by atoms with Gasteiger partial charge in [0.25, 0.3) is 5.91 Å². The molecule has 0 bridgehead atoms. The van der Waals surface area contributed by atoms with Gasteiger partial charge in [0, 0.05) is 36.9 Å². The number of pyridine rings is 1. The van der Waals surface area contributed by atoms with Crippen molar-refractivity contribution >= 4 is 11.7 Å². The monoisotopic (exact) mass is 316 g/mol. The smallest absolute Gasteiger partial charge is 0.251 e. The summed E-state index contributed by atoms with van der Waals surface area (Å²) in [6.07, 6.45) is 7.84. The van der Waals surface area contributed by atoms with Crippen molar-refractivity contribution in [3.05, 3.63) is 23.9 Å². The lowest BCUT2D eigenvalue weighted by Gasteiger charge is -2.34. The fourth-order valence-corrected chi connectivity index (χ4v) is 3.70. The van der Waals surface area contributed by atoms with Gasteiger partial charge < -0.3 is 15.1 Å². The molecule has 0 spiro atoms. The van der Waals surface area contributed by atoms with Crippen LogP contribution in [0.25, 0.3) is 0 Å². The van der Waals surface area contributed by atoms with Gasteiger partial charge in [-0.05, 0) is 64.8 Å². The molecule has 0 aliphatic carbocycles. The average molecular weight is 316 g/mol. The summed E-state index contributed by atoms with van der Waals surface area (Å²) in [7, 11) is 2.13. The molecule has 0 aromatic carbocycles. The van der Waals surface area contributed by atoms with Crippen molar-refractivity contribution in [3.63, 3.8) is 0 Å². The molecule has 23 heavy (non-hydrogen) atoms. The first-order valence-corrected chi connectivity index (χ1v) is 8.86. The first-order chi connectivity index (χ1) is 11.1. The summed E-state index contributed by atoms with van der Waals surface area (Å²) in [4.78, 5) is 21.6. The summed E-state index contributed by atoms with van der Waals surface area (Å²) in [5.74, 6) is 0.946. The van der Waals surface area contributed by atoms with Gasteiger partial charge >= 0.3 is 0 Å². The highest BCUT2D eigenvalue weighted by molar-refractivity contribution is 5.94. The molecule has 126 valence electrons. The quantitative estimate of drug-likeness (QED) is 0.926. The number of nitrogens with zero attached hydrogens (tertiary/aromatic N) is 3. The van der Waals surface area contributed by atoms with Gasteiger partial charge in [0.2, 0.25) is 0 Å². The summed E-state index contributed by atoms with van der Waals surface area (Å²) < 4.78 is 0. The molecule has 3 rings (SSSR count). The molecular formula is C18H28N4O. The lowest BCUT2D eigenvalue weighted by Crippen LogP contribution is -2.39. The normalized spacial score (nSPS) is 25.6. The van der Waals surface area contributed by atoms with Gasteiger partial charge in [0.05, 0.1) is 0 Å². The number of hydrogen-bond donors (Lipinski definition) is 1. The van der Waals surface area contributed by atoms with E-state index in [2.05, 4.69) is 34.1 Å². The predicted molar refractivity (Wildman–Crippen MR) is 92.9 cm³/mol. The highest BCUT2D eigenvalue weighted by atomic mass is 16.1. The van der Waals surface area contributed by atoms with Crippen LogP contribution in [0, 0.1) is 0 Å². The fourth-order valence-electron chi connectivity index (χ4n) is 3.70. The first-order valence-electron chi connectivity index (χ1n) is 8.86. The molecule has 3 heterocycles. The van der Waals surface area contributed by atoms with Crippen LogP contribution in [0.3, 0.4) is 0 Å². The summed E-state index contributed by atoms with van der Waals surface area (Å²) in [5.41, 5.74) is 0.716. The highest BCUT2D eigenvalue weighted by Crippen LogP contribution is 2.23. The van der Waals surface area contributed by atoms with Gasteiger partial charge in [0.15, 0.2) is 0 Å². The van der Waals surface area contributed by atoms with Crippen molar-refractivity contribution in [1.82, 2.24) is 15.2 Å². The summed E-state index contributed by atoms with van der Waals surface area (Å²) in [5, 5.41) is 3.09. The number of carbonyl (C=O) groups excluding carboxylic acids is 1. The van der Waals surface area contributed by atoms with Crippen molar-refractivity contribution in [3.8, 4) is 0 Å². The number of likely N-dealkylation sites (N-methyl/N-ethyl adjacent to an activating group) is 1. The molecular weight excluding hydrogens is 288 g/mol. The minimum Gasteiger partial charge on any atom is -0.354 e. The zero-order valence-corrected chi connectivity index (χ0v) is 14.3. The van der Waals surface area contributed by atoms with Crippen molar-refractivity contribution in [2.75, 3.05) is 31.6 Å². The Labute approximate surface area is 139 Å². The maximum absolute atomic E-state index is 12.4. The van der Waals surface area contributed by atoms with E-state index < -0.39 is 0 Å². The van der Waals surface area contributed by atoms with Crippen LogP contribution in [0.15, 0.2) is 18.3 Å². The van der Waals surface area contributed by atoms with Gasteiger partial charge in [-0.25, -0.2) is 4.98 Å². The Kier molecular flexibility index (Phi) is 5.16. The van der Waals surface area contributed by atoms with E-state index in [9.17, 15) is 4.79 Å². The number of amides is 1. The van der Waals surface area contributed by atoms with Crippen molar-refractivity contribution in [1.29, 1.82) is 0 Å². The number of aromatic nitrogens is 1. The molecule has 2 atom stereocenters. The molecule has 1 aromatic rings.